The molecule has 32 heavy (non-hydrogen) atoms. The summed E-state index contributed by atoms with van der Waals surface area (Å²) in [4.78, 5) is 26.5. The zero-order valence-electron chi connectivity index (χ0n) is 17.6. The van der Waals surface area contributed by atoms with Gasteiger partial charge in [-0.1, -0.05) is 12.1 Å². The molecule has 1 aromatic carbocycles. The first-order valence-corrected chi connectivity index (χ1v) is 11.1. The second kappa shape index (κ2) is 9.92. The number of aromatic nitrogens is 5. The molecule has 162 valence electrons. The first-order chi connectivity index (χ1) is 15.6. The Balaban J connectivity index is 1.39. The second-order valence-electron chi connectivity index (χ2n) is 6.86. The van der Waals surface area contributed by atoms with Gasteiger partial charge in [0.25, 0.3) is 0 Å². The Bertz CT molecular complexity index is 1210. The summed E-state index contributed by atoms with van der Waals surface area (Å²) in [6.07, 6.45) is 7.32. The molecule has 0 aliphatic heterocycles. The van der Waals surface area contributed by atoms with Crippen LogP contribution in [0, 0.1) is 0 Å². The summed E-state index contributed by atoms with van der Waals surface area (Å²) in [5.74, 6) is 1.59. The SMILES string of the molecule is CSc1ccc(CC(=O)NNc2cc(-c3ccnc(Nc4ccnn4C)n3)ccn2)cc1. The molecule has 3 heterocycles. The minimum atomic E-state index is -0.154. The van der Waals surface area contributed by atoms with Crippen molar-refractivity contribution in [1.29, 1.82) is 0 Å². The molecule has 0 fully saturated rings. The maximum absolute atomic E-state index is 12.3. The molecule has 9 nitrogen and oxygen atoms in total. The van der Waals surface area contributed by atoms with Crippen LogP contribution in [0.4, 0.5) is 17.6 Å². The molecule has 0 aliphatic rings. The van der Waals surface area contributed by atoms with Gasteiger partial charge in [-0.05, 0) is 42.2 Å². The predicted molar refractivity (Wildman–Crippen MR) is 125 cm³/mol. The number of hydrogen-bond donors (Lipinski definition) is 3. The molecule has 0 unspecified atom stereocenters. The van der Waals surface area contributed by atoms with Gasteiger partial charge in [-0.2, -0.15) is 5.10 Å². The number of amides is 1. The van der Waals surface area contributed by atoms with Gasteiger partial charge in [-0.3, -0.25) is 20.3 Å². The average molecular weight is 447 g/mol. The van der Waals surface area contributed by atoms with Crippen LogP contribution < -0.4 is 16.2 Å². The van der Waals surface area contributed by atoms with Gasteiger partial charge in [0.05, 0.1) is 18.3 Å². The highest BCUT2D eigenvalue weighted by Gasteiger charge is 2.08. The summed E-state index contributed by atoms with van der Waals surface area (Å²) in [5.41, 5.74) is 8.05. The lowest BCUT2D eigenvalue weighted by Crippen LogP contribution is -2.31. The van der Waals surface area contributed by atoms with Crippen molar-refractivity contribution in [2.75, 3.05) is 17.0 Å². The molecule has 0 atom stereocenters. The minimum absolute atomic E-state index is 0.154. The van der Waals surface area contributed by atoms with Crippen molar-refractivity contribution in [1.82, 2.24) is 30.2 Å². The first-order valence-electron chi connectivity index (χ1n) is 9.83. The number of thioether (sulfide) groups is 1. The molecular formula is C22H22N8OS. The molecular weight excluding hydrogens is 424 g/mol. The molecule has 4 aromatic rings. The van der Waals surface area contributed by atoms with Crippen LogP contribution in [-0.4, -0.2) is 36.9 Å². The standard InChI is InChI=1S/C22H22N8OS/c1-30-20(9-12-25-30)27-22-24-11-8-18(26-22)16-7-10-23-19(14-16)28-29-21(31)13-15-3-5-17(32-2)6-4-15/h3-12,14H,13H2,1-2H3,(H,23,28)(H,29,31)(H,24,26,27). The minimum Gasteiger partial charge on any atom is -0.309 e. The smallest absolute Gasteiger partial charge is 0.242 e. The summed E-state index contributed by atoms with van der Waals surface area (Å²) in [5, 5.41) is 7.26. The number of hydrogen-bond acceptors (Lipinski definition) is 8. The van der Waals surface area contributed by atoms with Crippen LogP contribution >= 0.6 is 11.8 Å². The van der Waals surface area contributed by atoms with Gasteiger partial charge in [0.1, 0.15) is 11.6 Å². The normalized spacial score (nSPS) is 10.6. The van der Waals surface area contributed by atoms with E-state index in [4.69, 9.17) is 0 Å². The molecule has 3 aromatic heterocycles. The van der Waals surface area contributed by atoms with Gasteiger partial charge < -0.3 is 5.32 Å². The van der Waals surface area contributed by atoms with E-state index in [0.717, 1.165) is 27.5 Å². The monoisotopic (exact) mass is 446 g/mol. The fraction of sp³-hybridized carbons (Fsp3) is 0.136. The highest BCUT2D eigenvalue weighted by Crippen LogP contribution is 2.21. The number of hydrazine groups is 1. The number of rotatable bonds is 8. The van der Waals surface area contributed by atoms with E-state index in [9.17, 15) is 4.79 Å². The van der Waals surface area contributed by atoms with Crippen LogP contribution in [0.2, 0.25) is 0 Å². The predicted octanol–water partition coefficient (Wildman–Crippen LogP) is 3.42. The topological polar surface area (TPSA) is 110 Å². The van der Waals surface area contributed by atoms with Crippen LogP contribution in [0.15, 0.2) is 72.0 Å². The van der Waals surface area contributed by atoms with E-state index in [2.05, 4.69) is 36.2 Å². The number of carbonyl (C=O) groups is 1. The van der Waals surface area contributed by atoms with E-state index in [-0.39, 0.29) is 12.3 Å². The average Bonchev–Trinajstić information content (AvgIpc) is 3.23. The highest BCUT2D eigenvalue weighted by molar-refractivity contribution is 7.98. The number of pyridine rings is 1. The molecule has 4 rings (SSSR count). The van der Waals surface area contributed by atoms with Gasteiger partial charge in [0.2, 0.25) is 11.9 Å². The fourth-order valence-electron chi connectivity index (χ4n) is 2.96. The Hall–Kier alpha value is -3.92. The maximum atomic E-state index is 12.3. The van der Waals surface area contributed by atoms with E-state index in [0.29, 0.717) is 11.8 Å². The van der Waals surface area contributed by atoms with Crippen LogP contribution in [0.5, 0.6) is 0 Å². The third-order valence-corrected chi connectivity index (χ3v) is 5.37. The zero-order chi connectivity index (χ0) is 22.3. The summed E-state index contributed by atoms with van der Waals surface area (Å²) in [6, 6.07) is 15.2. The molecule has 0 radical (unpaired) electrons. The Morgan fingerprint density at radius 2 is 1.84 bits per heavy atom. The summed E-state index contributed by atoms with van der Waals surface area (Å²) in [7, 11) is 1.83. The van der Waals surface area contributed by atoms with Crippen LogP contribution in [0.25, 0.3) is 11.3 Å². The van der Waals surface area contributed by atoms with Gasteiger partial charge in [-0.15, -0.1) is 11.8 Å². The molecule has 0 aliphatic carbocycles. The number of nitrogens with one attached hydrogen (secondary N) is 3. The fourth-order valence-corrected chi connectivity index (χ4v) is 3.36. The van der Waals surface area contributed by atoms with E-state index in [1.165, 1.54) is 0 Å². The zero-order valence-corrected chi connectivity index (χ0v) is 18.4. The Morgan fingerprint density at radius 1 is 1.03 bits per heavy atom. The molecule has 3 N–H and O–H groups in total. The van der Waals surface area contributed by atoms with Gasteiger partial charge >= 0.3 is 0 Å². The van der Waals surface area contributed by atoms with E-state index >= 15 is 0 Å². The van der Waals surface area contributed by atoms with Crippen molar-refractivity contribution < 1.29 is 4.79 Å². The van der Waals surface area contributed by atoms with Gasteiger partial charge in [0, 0.05) is 36.0 Å². The summed E-state index contributed by atoms with van der Waals surface area (Å²) >= 11 is 1.67. The first kappa shape index (κ1) is 21.3. The lowest BCUT2D eigenvalue weighted by molar-refractivity contribution is -0.119. The Morgan fingerprint density at radius 3 is 2.59 bits per heavy atom. The van der Waals surface area contributed by atoms with E-state index < -0.39 is 0 Å². The number of anilines is 3. The van der Waals surface area contributed by atoms with Crippen molar-refractivity contribution in [2.45, 2.75) is 11.3 Å². The quantitative estimate of drug-likeness (QED) is 0.279. The van der Waals surface area contributed by atoms with Crippen molar-refractivity contribution in [2.24, 2.45) is 7.05 Å². The molecule has 0 saturated carbocycles. The number of benzene rings is 1. The molecule has 1 amide bonds. The van der Waals surface area contributed by atoms with Crippen molar-refractivity contribution >= 4 is 35.3 Å². The van der Waals surface area contributed by atoms with Crippen LogP contribution in [0.3, 0.4) is 0 Å². The van der Waals surface area contributed by atoms with Gasteiger partial charge in [-0.25, -0.2) is 15.0 Å². The Labute approximate surface area is 189 Å². The number of nitrogens with zero attached hydrogens (tertiary/aromatic N) is 5. The molecule has 0 spiro atoms. The van der Waals surface area contributed by atoms with Crippen molar-refractivity contribution in [3.05, 3.63) is 72.7 Å². The maximum Gasteiger partial charge on any atom is 0.242 e. The summed E-state index contributed by atoms with van der Waals surface area (Å²) in [6.45, 7) is 0. The second-order valence-corrected chi connectivity index (χ2v) is 7.74. The van der Waals surface area contributed by atoms with E-state index in [1.54, 1.807) is 35.0 Å². The van der Waals surface area contributed by atoms with Crippen molar-refractivity contribution in [3.8, 4) is 11.3 Å². The number of aryl methyl sites for hydroxylation is 1. The lowest BCUT2D eigenvalue weighted by Gasteiger charge is -2.10. The van der Waals surface area contributed by atoms with Crippen LogP contribution in [0.1, 0.15) is 5.56 Å². The largest absolute Gasteiger partial charge is 0.309 e. The van der Waals surface area contributed by atoms with Gasteiger partial charge in [0.15, 0.2) is 0 Å². The third kappa shape index (κ3) is 5.41. The molecule has 10 heteroatoms. The number of carbonyl (C=O) groups excluding carboxylic acids is 1. The highest BCUT2D eigenvalue weighted by atomic mass is 32.2. The third-order valence-electron chi connectivity index (χ3n) is 4.63. The van der Waals surface area contributed by atoms with Crippen LogP contribution in [-0.2, 0) is 18.3 Å². The molecule has 0 bridgehead atoms. The Kier molecular flexibility index (Phi) is 6.61. The van der Waals surface area contributed by atoms with E-state index in [1.807, 2.05) is 61.8 Å². The summed E-state index contributed by atoms with van der Waals surface area (Å²) < 4.78 is 1.70. The van der Waals surface area contributed by atoms with Crippen molar-refractivity contribution in [3.63, 3.8) is 0 Å². The lowest BCUT2D eigenvalue weighted by atomic mass is 10.1. The molecule has 0 saturated heterocycles.